The number of nitrogen functional groups attached to an aromatic ring is 1. The van der Waals surface area contributed by atoms with Crippen molar-refractivity contribution in [3.8, 4) is 5.75 Å². The largest absolute Gasteiger partial charge is 0.495 e. The van der Waals surface area contributed by atoms with Gasteiger partial charge in [0.15, 0.2) is 0 Å². The summed E-state index contributed by atoms with van der Waals surface area (Å²) in [5.74, 6) is 0.843. The van der Waals surface area contributed by atoms with E-state index in [1.807, 2.05) is 23.1 Å². The Morgan fingerprint density at radius 2 is 1.71 bits per heavy atom. The number of piperidine rings is 2. The zero-order chi connectivity index (χ0) is 27.1. The van der Waals surface area contributed by atoms with Gasteiger partial charge in [-0.1, -0.05) is 12.1 Å². The van der Waals surface area contributed by atoms with Crippen LogP contribution in [0.5, 0.6) is 5.75 Å². The number of nitrogens with two attached hydrogens (primary N) is 1. The second-order valence-corrected chi connectivity index (χ2v) is 10.1. The van der Waals surface area contributed by atoms with Crippen LogP contribution in [0.4, 0.5) is 24.5 Å². The number of carbonyl (C=O) groups is 1. The molecule has 0 bridgehead atoms. The fourth-order valence-electron chi connectivity index (χ4n) is 5.03. The maximum absolute atomic E-state index is 12.8. The fourth-order valence-corrected chi connectivity index (χ4v) is 5.03. The molecule has 38 heavy (non-hydrogen) atoms. The van der Waals surface area contributed by atoms with Crippen molar-refractivity contribution < 1.29 is 27.4 Å². The van der Waals surface area contributed by atoms with Crippen molar-refractivity contribution in [3.63, 3.8) is 0 Å². The van der Waals surface area contributed by atoms with E-state index in [4.69, 9.17) is 15.2 Å². The van der Waals surface area contributed by atoms with E-state index in [0.717, 1.165) is 81.8 Å². The zero-order valence-corrected chi connectivity index (χ0v) is 21.8. The summed E-state index contributed by atoms with van der Waals surface area (Å²) in [6.07, 6.45) is -0.264. The molecule has 0 atom stereocenters. The highest BCUT2D eigenvalue weighted by Crippen LogP contribution is 2.29. The van der Waals surface area contributed by atoms with E-state index in [9.17, 15) is 18.0 Å². The third-order valence-electron chi connectivity index (χ3n) is 7.40. The van der Waals surface area contributed by atoms with E-state index in [-0.39, 0.29) is 12.0 Å². The minimum Gasteiger partial charge on any atom is -0.495 e. The molecule has 0 aliphatic carbocycles. The molecule has 0 saturated carbocycles. The summed E-state index contributed by atoms with van der Waals surface area (Å²) in [5, 5.41) is 3.52. The second-order valence-electron chi connectivity index (χ2n) is 10.1. The molecule has 0 aromatic heterocycles. The molecule has 2 aliphatic heterocycles. The van der Waals surface area contributed by atoms with Gasteiger partial charge >= 0.3 is 6.18 Å². The summed E-state index contributed by atoms with van der Waals surface area (Å²) in [5.41, 5.74) is 7.54. The van der Waals surface area contributed by atoms with Gasteiger partial charge in [0, 0.05) is 56.9 Å². The minimum atomic E-state index is -4.32. The number of alkyl halides is 3. The minimum absolute atomic E-state index is 0.0804. The quantitative estimate of drug-likeness (QED) is 0.451. The molecule has 2 heterocycles. The van der Waals surface area contributed by atoms with Crippen LogP contribution < -0.4 is 15.8 Å². The number of halogens is 3. The summed E-state index contributed by atoms with van der Waals surface area (Å²) < 4.78 is 49.3. The van der Waals surface area contributed by atoms with Gasteiger partial charge < -0.3 is 30.3 Å². The van der Waals surface area contributed by atoms with Crippen molar-refractivity contribution >= 4 is 17.3 Å². The van der Waals surface area contributed by atoms with Crippen LogP contribution in [-0.4, -0.2) is 67.7 Å². The first-order valence-electron chi connectivity index (χ1n) is 13.2. The molecule has 208 valence electrons. The van der Waals surface area contributed by atoms with Gasteiger partial charge in [0.25, 0.3) is 0 Å². The molecule has 0 spiro atoms. The van der Waals surface area contributed by atoms with Crippen LogP contribution in [-0.2, 0) is 22.3 Å². The molecule has 10 heteroatoms. The second kappa shape index (κ2) is 12.7. The third kappa shape index (κ3) is 7.77. The predicted molar refractivity (Wildman–Crippen MR) is 141 cm³/mol. The standard InChI is InChI=1S/C28H37F3N4O3/c1-37-26-18-23(6-7-25(26)32)33-22-8-16-35(17-9-22)27(36)12-15-34-13-10-24(11-14-34)38-19-20-2-4-21(5-3-20)28(29,30)31/h2-7,18,22,24,33H,8-17,19,32H2,1H3. The van der Waals surface area contributed by atoms with Crippen molar-refractivity contribution in [2.45, 2.75) is 57.0 Å². The number of benzene rings is 2. The lowest BCUT2D eigenvalue weighted by molar-refractivity contribution is -0.137. The van der Waals surface area contributed by atoms with Crippen molar-refractivity contribution in [1.29, 1.82) is 0 Å². The maximum Gasteiger partial charge on any atom is 0.416 e. The maximum atomic E-state index is 12.8. The number of amides is 1. The highest BCUT2D eigenvalue weighted by atomic mass is 19.4. The van der Waals surface area contributed by atoms with Gasteiger partial charge in [0.05, 0.1) is 31.1 Å². The molecule has 0 radical (unpaired) electrons. The lowest BCUT2D eigenvalue weighted by Crippen LogP contribution is -2.44. The van der Waals surface area contributed by atoms with Crippen molar-refractivity contribution in [2.75, 3.05) is 50.9 Å². The lowest BCUT2D eigenvalue weighted by Gasteiger charge is -2.35. The number of nitrogens with one attached hydrogen (secondary N) is 1. The van der Waals surface area contributed by atoms with E-state index in [0.29, 0.717) is 30.5 Å². The Balaban J connectivity index is 1.11. The average Bonchev–Trinajstić information content (AvgIpc) is 2.92. The van der Waals surface area contributed by atoms with Crippen molar-refractivity contribution in [1.82, 2.24) is 9.80 Å². The summed E-state index contributed by atoms with van der Waals surface area (Å²) in [7, 11) is 1.60. The Bertz CT molecular complexity index is 1050. The molecule has 2 aromatic carbocycles. The smallest absolute Gasteiger partial charge is 0.416 e. The highest BCUT2D eigenvalue weighted by Gasteiger charge is 2.30. The van der Waals surface area contributed by atoms with Crippen LogP contribution in [0.15, 0.2) is 42.5 Å². The Hall–Kier alpha value is -2.98. The first kappa shape index (κ1) is 28.0. The Morgan fingerprint density at radius 1 is 1.03 bits per heavy atom. The zero-order valence-electron chi connectivity index (χ0n) is 21.8. The number of hydrogen-bond donors (Lipinski definition) is 2. The summed E-state index contributed by atoms with van der Waals surface area (Å²) in [4.78, 5) is 17.0. The van der Waals surface area contributed by atoms with Crippen LogP contribution in [0.1, 0.15) is 43.2 Å². The average molecular weight is 535 g/mol. The van der Waals surface area contributed by atoms with Gasteiger partial charge in [-0.25, -0.2) is 0 Å². The fraction of sp³-hybridized carbons (Fsp3) is 0.536. The summed E-state index contributed by atoms with van der Waals surface area (Å²) in [6, 6.07) is 11.1. The molecule has 2 aliphatic rings. The molecule has 0 unspecified atom stereocenters. The lowest BCUT2D eigenvalue weighted by atomic mass is 10.0. The van der Waals surface area contributed by atoms with E-state index < -0.39 is 11.7 Å². The number of likely N-dealkylation sites (tertiary alicyclic amines) is 2. The molecular weight excluding hydrogens is 497 g/mol. The van der Waals surface area contributed by atoms with Crippen molar-refractivity contribution in [2.24, 2.45) is 0 Å². The van der Waals surface area contributed by atoms with Crippen LogP contribution >= 0.6 is 0 Å². The first-order valence-corrected chi connectivity index (χ1v) is 13.2. The number of hydrogen-bond acceptors (Lipinski definition) is 6. The third-order valence-corrected chi connectivity index (χ3v) is 7.40. The molecule has 7 nitrogen and oxygen atoms in total. The molecule has 3 N–H and O–H groups in total. The monoisotopic (exact) mass is 534 g/mol. The topological polar surface area (TPSA) is 80.1 Å². The Kier molecular flexibility index (Phi) is 9.38. The van der Waals surface area contributed by atoms with E-state index in [1.54, 1.807) is 7.11 Å². The number of nitrogens with zero attached hydrogens (tertiary/aromatic N) is 2. The molecule has 2 aromatic rings. The Morgan fingerprint density at radius 3 is 2.34 bits per heavy atom. The SMILES string of the molecule is COc1cc(NC2CCN(C(=O)CCN3CCC(OCc4ccc(C(F)(F)F)cc4)CC3)CC2)ccc1N. The number of carbonyl (C=O) groups excluding carboxylic acids is 1. The van der Waals surface area contributed by atoms with Crippen molar-refractivity contribution in [3.05, 3.63) is 53.6 Å². The van der Waals surface area contributed by atoms with Crippen LogP contribution in [0.25, 0.3) is 0 Å². The van der Waals surface area contributed by atoms with Crippen LogP contribution in [0.2, 0.25) is 0 Å². The predicted octanol–water partition coefficient (Wildman–Crippen LogP) is 4.77. The molecule has 2 saturated heterocycles. The molecule has 1 amide bonds. The number of methoxy groups -OCH3 is 1. The van der Waals surface area contributed by atoms with Crippen LogP contribution in [0.3, 0.4) is 0 Å². The molecule has 2 fully saturated rings. The van der Waals surface area contributed by atoms with Gasteiger partial charge in [-0.05, 0) is 55.5 Å². The Labute approximate surface area is 222 Å². The molecular formula is C28H37F3N4O3. The van der Waals surface area contributed by atoms with Gasteiger partial charge in [-0.2, -0.15) is 13.2 Å². The number of rotatable bonds is 9. The van der Waals surface area contributed by atoms with E-state index in [2.05, 4.69) is 10.2 Å². The summed E-state index contributed by atoms with van der Waals surface area (Å²) in [6.45, 7) is 4.21. The van der Waals surface area contributed by atoms with Gasteiger partial charge in [0.1, 0.15) is 5.75 Å². The summed E-state index contributed by atoms with van der Waals surface area (Å²) >= 11 is 0. The van der Waals surface area contributed by atoms with Crippen LogP contribution in [0, 0.1) is 0 Å². The molecule has 4 rings (SSSR count). The highest BCUT2D eigenvalue weighted by molar-refractivity contribution is 5.76. The van der Waals surface area contributed by atoms with E-state index >= 15 is 0 Å². The number of ether oxygens (including phenoxy) is 2. The van der Waals surface area contributed by atoms with E-state index in [1.165, 1.54) is 12.1 Å². The first-order chi connectivity index (χ1) is 18.2. The number of anilines is 2. The van der Waals surface area contributed by atoms with Gasteiger partial charge in [0.2, 0.25) is 5.91 Å². The van der Waals surface area contributed by atoms with Gasteiger partial charge in [-0.3, -0.25) is 4.79 Å². The van der Waals surface area contributed by atoms with Gasteiger partial charge in [-0.15, -0.1) is 0 Å². The normalized spacial score (nSPS) is 17.9.